The molecule has 0 saturated heterocycles. The van der Waals surface area contributed by atoms with Crippen LogP contribution in [0.3, 0.4) is 0 Å². The van der Waals surface area contributed by atoms with E-state index in [0.29, 0.717) is 28.2 Å². The number of hydrogen-bond donors (Lipinski definition) is 1. The molecule has 0 aliphatic carbocycles. The monoisotopic (exact) mass is 322 g/mol. The minimum absolute atomic E-state index is 0.316. The Balaban J connectivity index is 2.20. The largest absolute Gasteiger partial charge is 0.496 e. The molecule has 116 valence electrons. The molecule has 7 nitrogen and oxygen atoms in total. The molecule has 22 heavy (non-hydrogen) atoms. The fraction of sp³-hybridized carbons (Fsp3) is 0.214. The summed E-state index contributed by atoms with van der Waals surface area (Å²) < 4.78 is 15.8. The van der Waals surface area contributed by atoms with Gasteiger partial charge in [0.05, 0.1) is 27.5 Å². The van der Waals surface area contributed by atoms with Gasteiger partial charge in [0.15, 0.2) is 22.5 Å². The highest BCUT2D eigenvalue weighted by Crippen LogP contribution is 2.33. The molecule has 1 aromatic carbocycles. The van der Waals surface area contributed by atoms with Gasteiger partial charge >= 0.3 is 0 Å². The molecule has 1 aromatic heterocycles. The van der Waals surface area contributed by atoms with E-state index in [-0.39, 0.29) is 0 Å². The van der Waals surface area contributed by atoms with Gasteiger partial charge in [-0.3, -0.25) is 5.43 Å². The zero-order valence-corrected chi connectivity index (χ0v) is 13.1. The second kappa shape index (κ2) is 7.46. The Labute approximate surface area is 132 Å². The van der Waals surface area contributed by atoms with Gasteiger partial charge in [0.25, 0.3) is 0 Å². The summed E-state index contributed by atoms with van der Waals surface area (Å²) in [7, 11) is 4.69. The number of halogens is 1. The summed E-state index contributed by atoms with van der Waals surface area (Å²) in [5.74, 6) is 2.23. The van der Waals surface area contributed by atoms with Crippen LogP contribution >= 0.6 is 11.6 Å². The smallest absolute Gasteiger partial charge is 0.168 e. The number of rotatable bonds is 6. The van der Waals surface area contributed by atoms with E-state index < -0.39 is 0 Å². The Kier molecular flexibility index (Phi) is 5.37. The topological polar surface area (TPSA) is 77.9 Å². The summed E-state index contributed by atoms with van der Waals surface area (Å²) >= 11 is 5.66. The van der Waals surface area contributed by atoms with E-state index in [4.69, 9.17) is 25.8 Å². The summed E-state index contributed by atoms with van der Waals surface area (Å²) in [4.78, 5) is 0. The third-order valence-corrected chi connectivity index (χ3v) is 2.95. The van der Waals surface area contributed by atoms with Crippen molar-refractivity contribution in [2.75, 3.05) is 26.8 Å². The summed E-state index contributed by atoms with van der Waals surface area (Å²) in [5, 5.41) is 11.9. The average molecular weight is 323 g/mol. The maximum atomic E-state index is 5.66. The molecule has 1 heterocycles. The number of anilines is 1. The van der Waals surface area contributed by atoms with Crippen LogP contribution in [0.15, 0.2) is 29.4 Å². The maximum Gasteiger partial charge on any atom is 0.168 e. The van der Waals surface area contributed by atoms with Crippen molar-refractivity contribution < 1.29 is 14.2 Å². The van der Waals surface area contributed by atoms with E-state index in [2.05, 4.69) is 20.7 Å². The van der Waals surface area contributed by atoms with Crippen LogP contribution in [-0.2, 0) is 0 Å². The lowest BCUT2D eigenvalue weighted by molar-refractivity contribution is 0.349. The highest BCUT2D eigenvalue weighted by atomic mass is 35.5. The van der Waals surface area contributed by atoms with Crippen LogP contribution in [0.5, 0.6) is 17.2 Å². The van der Waals surface area contributed by atoms with Crippen molar-refractivity contribution in [2.24, 2.45) is 5.10 Å². The van der Waals surface area contributed by atoms with Gasteiger partial charge in [-0.2, -0.15) is 5.10 Å². The lowest BCUT2D eigenvalue weighted by Crippen LogP contribution is -1.98. The van der Waals surface area contributed by atoms with Gasteiger partial charge in [0, 0.05) is 11.6 Å². The zero-order chi connectivity index (χ0) is 15.9. The Hall–Kier alpha value is -2.54. The predicted molar refractivity (Wildman–Crippen MR) is 84.4 cm³/mol. The molecule has 0 saturated carbocycles. The van der Waals surface area contributed by atoms with E-state index in [1.807, 2.05) is 0 Å². The van der Waals surface area contributed by atoms with Gasteiger partial charge in [0.2, 0.25) is 0 Å². The third kappa shape index (κ3) is 3.76. The molecule has 0 amide bonds. The Bertz CT molecular complexity index is 662. The number of nitrogens with one attached hydrogen (secondary N) is 1. The first kappa shape index (κ1) is 15.8. The van der Waals surface area contributed by atoms with Crippen LogP contribution < -0.4 is 19.6 Å². The third-order valence-electron chi connectivity index (χ3n) is 2.75. The van der Waals surface area contributed by atoms with Crippen LogP contribution in [-0.4, -0.2) is 37.7 Å². The molecule has 8 heteroatoms. The van der Waals surface area contributed by atoms with Crippen LogP contribution in [0.4, 0.5) is 5.82 Å². The number of aromatic nitrogens is 2. The number of benzene rings is 1. The first-order valence-electron chi connectivity index (χ1n) is 6.26. The molecule has 0 fully saturated rings. The summed E-state index contributed by atoms with van der Waals surface area (Å²) in [6, 6.07) is 6.76. The van der Waals surface area contributed by atoms with E-state index in [9.17, 15) is 0 Å². The Morgan fingerprint density at radius 1 is 1.00 bits per heavy atom. The van der Waals surface area contributed by atoms with Crippen molar-refractivity contribution >= 4 is 23.6 Å². The lowest BCUT2D eigenvalue weighted by Gasteiger charge is -2.11. The van der Waals surface area contributed by atoms with Crippen LogP contribution in [0, 0.1) is 0 Å². The molecule has 0 atom stereocenters. The van der Waals surface area contributed by atoms with Gasteiger partial charge in [-0.05, 0) is 18.2 Å². The van der Waals surface area contributed by atoms with Crippen LogP contribution in [0.1, 0.15) is 5.56 Å². The highest BCUT2D eigenvalue weighted by Gasteiger charge is 2.10. The normalized spacial score (nSPS) is 10.5. The van der Waals surface area contributed by atoms with Crippen molar-refractivity contribution in [1.82, 2.24) is 10.2 Å². The van der Waals surface area contributed by atoms with E-state index in [1.54, 1.807) is 51.8 Å². The molecule has 0 aliphatic heterocycles. The minimum atomic E-state index is 0.316. The first-order chi connectivity index (χ1) is 10.7. The highest BCUT2D eigenvalue weighted by molar-refractivity contribution is 6.29. The lowest BCUT2D eigenvalue weighted by atomic mass is 10.2. The Morgan fingerprint density at radius 2 is 1.68 bits per heavy atom. The van der Waals surface area contributed by atoms with Gasteiger partial charge in [0.1, 0.15) is 5.75 Å². The predicted octanol–water partition coefficient (Wildman–Crippen LogP) is 2.60. The minimum Gasteiger partial charge on any atom is -0.496 e. The van der Waals surface area contributed by atoms with E-state index in [1.165, 1.54) is 0 Å². The van der Waals surface area contributed by atoms with Gasteiger partial charge in [-0.25, -0.2) is 0 Å². The van der Waals surface area contributed by atoms with Crippen molar-refractivity contribution in [2.45, 2.75) is 0 Å². The quantitative estimate of drug-likeness (QED) is 0.650. The maximum absolute atomic E-state index is 5.66. The fourth-order valence-corrected chi connectivity index (χ4v) is 1.80. The van der Waals surface area contributed by atoms with Crippen LogP contribution in [0.25, 0.3) is 0 Å². The number of methoxy groups -OCH3 is 3. The average Bonchev–Trinajstić information content (AvgIpc) is 2.56. The van der Waals surface area contributed by atoms with Gasteiger partial charge in [-0.1, -0.05) is 11.6 Å². The summed E-state index contributed by atoms with van der Waals surface area (Å²) in [5.41, 5.74) is 3.46. The molecule has 2 rings (SSSR count). The Morgan fingerprint density at radius 3 is 2.27 bits per heavy atom. The molecule has 0 spiro atoms. The molecule has 0 aliphatic rings. The van der Waals surface area contributed by atoms with Crippen molar-refractivity contribution in [3.05, 3.63) is 35.0 Å². The molecule has 2 aromatic rings. The standard InChI is InChI=1S/C14H15ClN4O3/c1-20-10-7-12(22-3)11(21-2)6-9(10)8-16-18-14-5-4-13(15)17-19-14/h4-8H,1-3H3,(H,18,19)/b16-8-. The van der Waals surface area contributed by atoms with Crippen molar-refractivity contribution in [3.63, 3.8) is 0 Å². The van der Waals surface area contributed by atoms with Crippen molar-refractivity contribution in [1.29, 1.82) is 0 Å². The molecule has 0 radical (unpaired) electrons. The molecule has 0 unspecified atom stereocenters. The number of hydrazone groups is 1. The second-order valence-corrected chi connectivity index (χ2v) is 4.45. The van der Waals surface area contributed by atoms with Crippen molar-refractivity contribution in [3.8, 4) is 17.2 Å². The second-order valence-electron chi connectivity index (χ2n) is 4.06. The van der Waals surface area contributed by atoms with E-state index in [0.717, 1.165) is 5.56 Å². The molecule has 0 bridgehead atoms. The fourth-order valence-electron chi connectivity index (χ4n) is 1.70. The SMILES string of the molecule is COc1cc(OC)c(OC)cc1/C=N\Nc1ccc(Cl)nn1. The summed E-state index contributed by atoms with van der Waals surface area (Å²) in [6.45, 7) is 0. The van der Waals surface area contributed by atoms with Gasteiger partial charge in [-0.15, -0.1) is 10.2 Å². The van der Waals surface area contributed by atoms with Gasteiger partial charge < -0.3 is 14.2 Å². The molecular formula is C14H15ClN4O3. The number of hydrogen-bond acceptors (Lipinski definition) is 7. The first-order valence-corrected chi connectivity index (χ1v) is 6.64. The van der Waals surface area contributed by atoms with Crippen LogP contribution in [0.2, 0.25) is 5.15 Å². The summed E-state index contributed by atoms with van der Waals surface area (Å²) in [6.07, 6.45) is 1.58. The number of nitrogens with zero attached hydrogens (tertiary/aromatic N) is 3. The molecule has 1 N–H and O–H groups in total. The zero-order valence-electron chi connectivity index (χ0n) is 12.3. The number of ether oxygens (including phenoxy) is 3. The van der Waals surface area contributed by atoms with E-state index >= 15 is 0 Å². The molecular weight excluding hydrogens is 308 g/mol.